The first kappa shape index (κ1) is 16.0. The molecule has 2 aromatic rings. The fourth-order valence-electron chi connectivity index (χ4n) is 3.70. The van der Waals surface area contributed by atoms with E-state index in [2.05, 4.69) is 41.4 Å². The molecule has 1 amide bonds. The van der Waals surface area contributed by atoms with Gasteiger partial charge in [0.2, 0.25) is 0 Å². The number of nitrogens with one attached hydrogen (secondary N) is 1. The highest BCUT2D eigenvalue weighted by molar-refractivity contribution is 6.46. The van der Waals surface area contributed by atoms with Gasteiger partial charge in [-0.2, -0.15) is 0 Å². The number of nitrogens with zero attached hydrogens (tertiary/aromatic N) is 2. The number of benzene rings is 2. The molecule has 0 aromatic heterocycles. The van der Waals surface area contributed by atoms with Gasteiger partial charge >= 0.3 is 0 Å². The zero-order chi connectivity index (χ0) is 17.3. The highest BCUT2D eigenvalue weighted by Crippen LogP contribution is 2.29. The lowest BCUT2D eigenvalue weighted by Gasteiger charge is -2.37. The van der Waals surface area contributed by atoms with Gasteiger partial charge in [0.25, 0.3) is 5.91 Å². The predicted molar refractivity (Wildman–Crippen MR) is 99.5 cm³/mol. The summed E-state index contributed by atoms with van der Waals surface area (Å²) in [4.78, 5) is 19.7. The van der Waals surface area contributed by atoms with Crippen molar-refractivity contribution in [2.24, 2.45) is 4.99 Å². The number of rotatable bonds is 3. The lowest BCUT2D eigenvalue weighted by atomic mass is 9.97. The maximum Gasteiger partial charge on any atom is 0.272 e. The van der Waals surface area contributed by atoms with Crippen molar-refractivity contribution in [3.05, 3.63) is 71.3 Å². The minimum absolute atomic E-state index is 0.0430. The summed E-state index contributed by atoms with van der Waals surface area (Å²) in [5.41, 5.74) is 3.78. The van der Waals surface area contributed by atoms with Gasteiger partial charge in [0.15, 0.2) is 0 Å². The third kappa shape index (κ3) is 3.22. The van der Waals surface area contributed by atoms with Crippen LogP contribution in [0, 0.1) is 6.92 Å². The fourth-order valence-corrected chi connectivity index (χ4v) is 3.70. The van der Waals surface area contributed by atoms with Crippen molar-refractivity contribution in [3.63, 3.8) is 0 Å². The topological polar surface area (TPSA) is 44.7 Å². The number of hydrogen-bond acceptors (Lipinski definition) is 3. The maximum atomic E-state index is 12.4. The summed E-state index contributed by atoms with van der Waals surface area (Å²) in [6.07, 6.45) is 1.72. The van der Waals surface area contributed by atoms with Gasteiger partial charge in [0.1, 0.15) is 11.4 Å². The molecule has 25 heavy (non-hydrogen) atoms. The normalized spacial score (nSPS) is 19.7. The molecule has 0 bridgehead atoms. The van der Waals surface area contributed by atoms with Gasteiger partial charge in [-0.25, -0.2) is 0 Å². The molecule has 0 unspecified atom stereocenters. The number of carbonyl (C=O) groups is 1. The van der Waals surface area contributed by atoms with E-state index in [1.54, 1.807) is 0 Å². The van der Waals surface area contributed by atoms with Gasteiger partial charge < -0.3 is 5.32 Å². The molecule has 2 heterocycles. The van der Waals surface area contributed by atoms with Crippen LogP contribution in [0.15, 0.2) is 59.6 Å². The number of piperidine rings is 1. The lowest BCUT2D eigenvalue weighted by molar-refractivity contribution is -0.115. The van der Waals surface area contributed by atoms with Crippen LogP contribution in [0.1, 0.15) is 29.5 Å². The summed E-state index contributed by atoms with van der Waals surface area (Å²) in [6, 6.07) is 18.3. The average molecular weight is 333 g/mol. The molecule has 128 valence electrons. The first-order valence-corrected chi connectivity index (χ1v) is 8.90. The van der Waals surface area contributed by atoms with Gasteiger partial charge in [-0.1, -0.05) is 54.6 Å². The molecule has 0 aliphatic carbocycles. The molecule has 4 heteroatoms. The molecule has 0 radical (unpaired) electrons. The third-order valence-electron chi connectivity index (χ3n) is 5.27. The second-order valence-electron chi connectivity index (χ2n) is 7.01. The molecule has 0 atom stereocenters. The van der Waals surface area contributed by atoms with E-state index in [0.717, 1.165) is 38.0 Å². The van der Waals surface area contributed by atoms with Gasteiger partial charge in [-0.05, 0) is 18.1 Å². The molecular formula is C21H23N3O. The van der Waals surface area contributed by atoms with Crippen LogP contribution in [-0.4, -0.2) is 35.3 Å². The summed E-state index contributed by atoms with van der Waals surface area (Å²) in [7, 11) is 0. The minimum Gasteiger partial charge on any atom is -0.326 e. The summed E-state index contributed by atoms with van der Waals surface area (Å²) < 4.78 is 0. The van der Waals surface area contributed by atoms with E-state index in [0.29, 0.717) is 5.71 Å². The van der Waals surface area contributed by atoms with Crippen LogP contribution in [-0.2, 0) is 11.3 Å². The molecule has 1 spiro atoms. The van der Waals surface area contributed by atoms with E-state index >= 15 is 0 Å². The number of likely N-dealkylation sites (tertiary alicyclic amines) is 1. The zero-order valence-corrected chi connectivity index (χ0v) is 14.5. The standard InChI is InChI=1S/C21H23N3O/c1-16-7-5-6-10-18(16)15-24-13-11-21(12-14-24)22-19(20(25)23-21)17-8-3-2-4-9-17/h2-10H,11-15H2,1H3,(H,23,25). The highest BCUT2D eigenvalue weighted by atomic mass is 16.2. The SMILES string of the molecule is Cc1ccccc1CN1CCC2(CC1)N=C(c1ccccc1)C(=O)N2. The van der Waals surface area contributed by atoms with Gasteiger partial charge in [0.05, 0.1) is 0 Å². The molecule has 1 saturated heterocycles. The van der Waals surface area contributed by atoms with Crippen molar-refractivity contribution in [1.29, 1.82) is 0 Å². The number of amides is 1. The Morgan fingerprint density at radius 3 is 2.44 bits per heavy atom. The largest absolute Gasteiger partial charge is 0.326 e. The van der Waals surface area contributed by atoms with Crippen LogP contribution in [0.3, 0.4) is 0 Å². The first-order chi connectivity index (χ1) is 12.2. The number of aryl methyl sites for hydroxylation is 1. The third-order valence-corrected chi connectivity index (χ3v) is 5.27. The van der Waals surface area contributed by atoms with Gasteiger partial charge in [0, 0.05) is 38.0 Å². The van der Waals surface area contributed by atoms with E-state index in [4.69, 9.17) is 4.99 Å². The Morgan fingerprint density at radius 2 is 1.72 bits per heavy atom. The van der Waals surface area contributed by atoms with Gasteiger partial charge in [-0.15, -0.1) is 0 Å². The Balaban J connectivity index is 1.46. The predicted octanol–water partition coefficient (Wildman–Crippen LogP) is 2.91. The quantitative estimate of drug-likeness (QED) is 0.939. The van der Waals surface area contributed by atoms with E-state index < -0.39 is 5.66 Å². The summed E-state index contributed by atoms with van der Waals surface area (Å²) in [5, 5.41) is 3.14. The Morgan fingerprint density at radius 1 is 1.04 bits per heavy atom. The Labute approximate surface area is 148 Å². The Bertz CT molecular complexity index is 805. The monoisotopic (exact) mass is 333 g/mol. The van der Waals surface area contributed by atoms with Gasteiger partial charge in [-0.3, -0.25) is 14.7 Å². The van der Waals surface area contributed by atoms with Crippen LogP contribution >= 0.6 is 0 Å². The number of hydrogen-bond donors (Lipinski definition) is 1. The lowest BCUT2D eigenvalue weighted by Crippen LogP contribution is -2.50. The molecule has 2 aliphatic rings. The van der Waals surface area contributed by atoms with Crippen molar-refractivity contribution >= 4 is 11.6 Å². The van der Waals surface area contributed by atoms with E-state index in [1.165, 1.54) is 11.1 Å². The molecule has 0 saturated carbocycles. The van der Waals surface area contributed by atoms with Crippen molar-refractivity contribution in [3.8, 4) is 0 Å². The second kappa shape index (κ2) is 6.45. The highest BCUT2D eigenvalue weighted by Gasteiger charge is 2.41. The summed E-state index contributed by atoms with van der Waals surface area (Å²) in [6.45, 7) is 5.01. The molecule has 1 fully saturated rings. The van der Waals surface area contributed by atoms with Crippen molar-refractivity contribution in [1.82, 2.24) is 10.2 Å². The minimum atomic E-state index is -0.412. The smallest absolute Gasteiger partial charge is 0.272 e. The average Bonchev–Trinajstić information content (AvgIpc) is 2.96. The van der Waals surface area contributed by atoms with E-state index in [9.17, 15) is 4.79 Å². The molecule has 2 aromatic carbocycles. The van der Waals surface area contributed by atoms with Crippen LogP contribution in [0.25, 0.3) is 0 Å². The second-order valence-corrected chi connectivity index (χ2v) is 7.01. The molecular weight excluding hydrogens is 310 g/mol. The summed E-state index contributed by atoms with van der Waals surface area (Å²) in [5.74, 6) is -0.0430. The van der Waals surface area contributed by atoms with Crippen LogP contribution in [0.2, 0.25) is 0 Å². The van der Waals surface area contributed by atoms with E-state index in [1.807, 2.05) is 30.3 Å². The van der Waals surface area contributed by atoms with Crippen LogP contribution < -0.4 is 5.32 Å². The van der Waals surface area contributed by atoms with Crippen molar-refractivity contribution < 1.29 is 4.79 Å². The zero-order valence-electron chi connectivity index (χ0n) is 14.5. The van der Waals surface area contributed by atoms with Crippen LogP contribution in [0.5, 0.6) is 0 Å². The molecule has 4 rings (SSSR count). The van der Waals surface area contributed by atoms with Crippen molar-refractivity contribution in [2.45, 2.75) is 32.0 Å². The molecule has 2 aliphatic heterocycles. The Hall–Kier alpha value is -2.46. The number of carbonyl (C=O) groups excluding carboxylic acids is 1. The Kier molecular flexibility index (Phi) is 4.14. The van der Waals surface area contributed by atoms with Crippen molar-refractivity contribution in [2.75, 3.05) is 13.1 Å². The maximum absolute atomic E-state index is 12.4. The molecule has 1 N–H and O–H groups in total. The van der Waals surface area contributed by atoms with E-state index in [-0.39, 0.29) is 5.91 Å². The number of aliphatic imine (C=N–C) groups is 1. The fraction of sp³-hybridized carbons (Fsp3) is 0.333. The molecule has 4 nitrogen and oxygen atoms in total. The first-order valence-electron chi connectivity index (χ1n) is 8.90. The van der Waals surface area contributed by atoms with Crippen LogP contribution in [0.4, 0.5) is 0 Å². The summed E-state index contributed by atoms with van der Waals surface area (Å²) >= 11 is 0.